The Balaban J connectivity index is 2.40. The van der Waals surface area contributed by atoms with Gasteiger partial charge < -0.3 is 0 Å². The molecule has 2 aromatic rings. The smallest absolute Gasteiger partial charge is 0.129 e. The first-order valence-electron chi connectivity index (χ1n) is 6.33. The molecular formula is C16H13Cl2F3. The molecule has 5 heteroatoms. The summed E-state index contributed by atoms with van der Waals surface area (Å²) in [6, 6.07) is 9.18. The molecule has 2 rings (SSSR count). The van der Waals surface area contributed by atoms with Crippen LogP contribution in [0.5, 0.6) is 0 Å². The molecule has 0 N–H and O–H groups in total. The summed E-state index contributed by atoms with van der Waals surface area (Å²) in [5.74, 6) is -1.38. The molecular weight excluding hydrogens is 320 g/mol. The molecule has 0 atom stereocenters. The van der Waals surface area contributed by atoms with Gasteiger partial charge in [0.2, 0.25) is 0 Å². The Morgan fingerprint density at radius 3 is 1.90 bits per heavy atom. The van der Waals surface area contributed by atoms with Crippen molar-refractivity contribution in [1.29, 1.82) is 0 Å². The third-order valence-electron chi connectivity index (χ3n) is 3.51. The van der Waals surface area contributed by atoms with Crippen LogP contribution in [0.3, 0.4) is 0 Å². The second-order valence-electron chi connectivity index (χ2n) is 4.97. The van der Waals surface area contributed by atoms with Crippen molar-refractivity contribution >= 4 is 23.2 Å². The number of rotatable bonds is 5. The number of benzene rings is 2. The molecule has 0 aromatic heterocycles. The van der Waals surface area contributed by atoms with E-state index in [0.717, 1.165) is 11.6 Å². The molecule has 0 aliphatic carbocycles. The molecule has 0 unspecified atom stereocenters. The lowest BCUT2D eigenvalue weighted by Gasteiger charge is -2.30. The molecule has 0 nitrogen and oxygen atoms in total. The van der Waals surface area contributed by atoms with Crippen molar-refractivity contribution in [2.75, 3.05) is 11.8 Å². The molecule has 0 bridgehead atoms. The predicted octanol–water partition coefficient (Wildman–Crippen LogP) is 5.06. The first-order chi connectivity index (χ1) is 10.0. The number of hydrogen-bond acceptors (Lipinski definition) is 0. The highest BCUT2D eigenvalue weighted by Gasteiger charge is 2.32. The van der Waals surface area contributed by atoms with E-state index in [2.05, 4.69) is 0 Å². The summed E-state index contributed by atoms with van der Waals surface area (Å²) < 4.78 is 39.9. The van der Waals surface area contributed by atoms with E-state index in [0.29, 0.717) is 5.56 Å². The summed E-state index contributed by atoms with van der Waals surface area (Å²) in [6.07, 6.45) is 0.206. The lowest BCUT2D eigenvalue weighted by Crippen LogP contribution is -2.33. The predicted molar refractivity (Wildman–Crippen MR) is 79.6 cm³/mol. The highest BCUT2D eigenvalue weighted by atomic mass is 35.5. The molecule has 0 saturated carbocycles. The third kappa shape index (κ3) is 3.53. The molecule has 0 aliphatic heterocycles. The fraction of sp³-hybridized carbons (Fsp3) is 0.250. The van der Waals surface area contributed by atoms with E-state index >= 15 is 0 Å². The van der Waals surface area contributed by atoms with Crippen molar-refractivity contribution in [1.82, 2.24) is 0 Å². The Hall–Kier alpha value is -1.19. The molecule has 0 aliphatic rings. The zero-order valence-corrected chi connectivity index (χ0v) is 12.6. The molecule has 21 heavy (non-hydrogen) atoms. The van der Waals surface area contributed by atoms with Crippen LogP contribution in [0, 0.1) is 17.5 Å². The quantitative estimate of drug-likeness (QED) is 0.671. The van der Waals surface area contributed by atoms with E-state index in [4.69, 9.17) is 23.2 Å². The number of alkyl halides is 2. The summed E-state index contributed by atoms with van der Waals surface area (Å²) in [5.41, 5.74) is 0.301. The average molecular weight is 333 g/mol. The highest BCUT2D eigenvalue weighted by Crippen LogP contribution is 2.32. The first-order valence-corrected chi connectivity index (χ1v) is 7.39. The SMILES string of the molecule is Fc1ccc(C(CCl)(CCl)Cc2ccc(F)cc2F)cc1. The van der Waals surface area contributed by atoms with E-state index < -0.39 is 17.0 Å². The van der Waals surface area contributed by atoms with Crippen molar-refractivity contribution in [2.24, 2.45) is 0 Å². The van der Waals surface area contributed by atoms with Gasteiger partial charge in [-0.1, -0.05) is 18.2 Å². The van der Waals surface area contributed by atoms with E-state index in [9.17, 15) is 13.2 Å². The standard InChI is InChI=1S/C16H13Cl2F3/c17-9-16(10-18,12-2-5-13(19)6-3-12)8-11-1-4-14(20)7-15(11)21/h1-7H,8-10H2. The maximum absolute atomic E-state index is 13.8. The zero-order chi connectivity index (χ0) is 15.5. The van der Waals surface area contributed by atoms with Crippen LogP contribution in [0.1, 0.15) is 11.1 Å². The minimum atomic E-state index is -0.741. The Morgan fingerprint density at radius 1 is 0.810 bits per heavy atom. The zero-order valence-electron chi connectivity index (χ0n) is 11.1. The lowest BCUT2D eigenvalue weighted by molar-refractivity contribution is 0.504. The van der Waals surface area contributed by atoms with Crippen LogP contribution < -0.4 is 0 Å². The van der Waals surface area contributed by atoms with Gasteiger partial charge in [-0.05, 0) is 35.7 Å². The second-order valence-corrected chi connectivity index (χ2v) is 5.50. The maximum atomic E-state index is 13.8. The van der Waals surface area contributed by atoms with Crippen LogP contribution in [-0.2, 0) is 11.8 Å². The maximum Gasteiger partial charge on any atom is 0.129 e. The Bertz CT molecular complexity index is 607. The van der Waals surface area contributed by atoms with Crippen molar-refractivity contribution < 1.29 is 13.2 Å². The van der Waals surface area contributed by atoms with Gasteiger partial charge in [-0.3, -0.25) is 0 Å². The average Bonchev–Trinajstić information content (AvgIpc) is 2.48. The van der Waals surface area contributed by atoms with Crippen LogP contribution in [0.15, 0.2) is 42.5 Å². The molecule has 2 aromatic carbocycles. The summed E-state index contributed by atoms with van der Waals surface area (Å²) in [7, 11) is 0. The van der Waals surface area contributed by atoms with Gasteiger partial charge >= 0.3 is 0 Å². The van der Waals surface area contributed by atoms with Gasteiger partial charge in [-0.25, -0.2) is 13.2 Å². The third-order valence-corrected chi connectivity index (χ3v) is 4.54. The van der Waals surface area contributed by atoms with Crippen molar-refractivity contribution in [3.05, 3.63) is 71.0 Å². The molecule has 0 amide bonds. The lowest BCUT2D eigenvalue weighted by atomic mass is 9.78. The van der Waals surface area contributed by atoms with Crippen LogP contribution in [0.25, 0.3) is 0 Å². The van der Waals surface area contributed by atoms with Gasteiger partial charge in [0.15, 0.2) is 0 Å². The van der Waals surface area contributed by atoms with E-state index in [-0.39, 0.29) is 24.0 Å². The van der Waals surface area contributed by atoms with Gasteiger partial charge in [0, 0.05) is 23.2 Å². The van der Waals surface area contributed by atoms with E-state index in [1.165, 1.54) is 24.3 Å². The first kappa shape index (κ1) is 16.2. The van der Waals surface area contributed by atoms with Gasteiger partial charge in [-0.15, -0.1) is 23.2 Å². The Kier molecular flexibility index (Phi) is 5.17. The second kappa shape index (κ2) is 6.71. The van der Waals surface area contributed by atoms with Crippen molar-refractivity contribution in [3.8, 4) is 0 Å². The monoisotopic (exact) mass is 332 g/mol. The van der Waals surface area contributed by atoms with E-state index in [1.807, 2.05) is 0 Å². The van der Waals surface area contributed by atoms with Gasteiger partial charge in [-0.2, -0.15) is 0 Å². The molecule has 0 saturated heterocycles. The minimum absolute atomic E-state index is 0.138. The Labute approximate surface area is 131 Å². The van der Waals surface area contributed by atoms with Crippen molar-refractivity contribution in [3.63, 3.8) is 0 Å². The summed E-state index contributed by atoms with van der Waals surface area (Å²) in [4.78, 5) is 0. The topological polar surface area (TPSA) is 0 Å². The van der Waals surface area contributed by atoms with Gasteiger partial charge in [0.1, 0.15) is 17.5 Å². The fourth-order valence-corrected chi connectivity index (χ4v) is 3.00. The molecule has 112 valence electrons. The normalized spacial score (nSPS) is 11.7. The molecule has 0 radical (unpaired) electrons. The number of hydrogen-bond donors (Lipinski definition) is 0. The Morgan fingerprint density at radius 2 is 1.38 bits per heavy atom. The van der Waals surface area contributed by atoms with Crippen molar-refractivity contribution in [2.45, 2.75) is 11.8 Å². The minimum Gasteiger partial charge on any atom is -0.207 e. The van der Waals surface area contributed by atoms with Gasteiger partial charge in [0.25, 0.3) is 0 Å². The summed E-state index contributed by atoms with van der Waals surface area (Å²) in [5, 5.41) is 0. The van der Waals surface area contributed by atoms with Gasteiger partial charge in [0.05, 0.1) is 0 Å². The van der Waals surface area contributed by atoms with E-state index in [1.54, 1.807) is 12.1 Å². The van der Waals surface area contributed by atoms with Crippen LogP contribution >= 0.6 is 23.2 Å². The molecule has 0 heterocycles. The highest BCUT2D eigenvalue weighted by molar-refractivity contribution is 6.22. The molecule has 0 spiro atoms. The summed E-state index contributed by atoms with van der Waals surface area (Å²) in [6.45, 7) is 0. The van der Waals surface area contributed by atoms with Crippen LogP contribution in [-0.4, -0.2) is 11.8 Å². The largest absolute Gasteiger partial charge is 0.207 e. The number of halogens is 5. The molecule has 0 fully saturated rings. The fourth-order valence-electron chi connectivity index (χ4n) is 2.22. The summed E-state index contributed by atoms with van der Waals surface area (Å²) >= 11 is 12.1. The van der Waals surface area contributed by atoms with Crippen LogP contribution in [0.4, 0.5) is 13.2 Å². The van der Waals surface area contributed by atoms with Crippen LogP contribution in [0.2, 0.25) is 0 Å².